The van der Waals surface area contributed by atoms with Gasteiger partial charge in [0.15, 0.2) is 19.5 Å². The van der Waals surface area contributed by atoms with E-state index in [-0.39, 0.29) is 22.3 Å². The van der Waals surface area contributed by atoms with E-state index in [0.717, 1.165) is 0 Å². The van der Waals surface area contributed by atoms with Crippen molar-refractivity contribution in [2.75, 3.05) is 0 Å². The summed E-state index contributed by atoms with van der Waals surface area (Å²) in [5.74, 6) is -5.44. The van der Waals surface area contributed by atoms with Gasteiger partial charge in [0.25, 0.3) is 0 Å². The molecule has 9 nitrogen and oxygen atoms in total. The van der Waals surface area contributed by atoms with Crippen LogP contribution in [-0.4, -0.2) is 63.8 Å². The molecule has 0 atom stereocenters. The lowest BCUT2D eigenvalue weighted by Gasteiger charge is -2.10. The lowest BCUT2D eigenvalue weighted by molar-refractivity contribution is 0.0651. The van der Waals surface area contributed by atoms with E-state index in [2.05, 4.69) is 0 Å². The third-order valence-corrected chi connectivity index (χ3v) is 6.97. The molecule has 0 unspecified atom stereocenters. The van der Waals surface area contributed by atoms with E-state index in [9.17, 15) is 24.3 Å². The van der Waals surface area contributed by atoms with Gasteiger partial charge in [-0.05, 0) is 28.6 Å². The maximum Gasteiger partial charge on any atom is 0.336 e. The van der Waals surface area contributed by atoms with Crippen LogP contribution in [0, 0.1) is 0 Å². The van der Waals surface area contributed by atoms with Gasteiger partial charge in [-0.3, -0.25) is 0 Å². The highest BCUT2D eigenvalue weighted by Gasteiger charge is 2.20. The molecule has 140 valence electrons. The molecular weight excluding hydrogens is 392 g/mol. The second kappa shape index (κ2) is 8.40. The van der Waals surface area contributed by atoms with Crippen LogP contribution >= 0.6 is 0 Å². The zero-order chi connectivity index (χ0) is 20.1. The van der Waals surface area contributed by atoms with Crippen molar-refractivity contribution >= 4 is 53.8 Å². The Hall–Kier alpha value is -3.29. The summed E-state index contributed by atoms with van der Waals surface area (Å²) in [6, 6.07) is 8.01. The summed E-state index contributed by atoms with van der Waals surface area (Å²) in [6.07, 6.45) is 0. The first kappa shape index (κ1) is 20.0. The van der Waals surface area contributed by atoms with Crippen molar-refractivity contribution in [3.05, 3.63) is 58.7 Å². The number of carbonyl (C=O) groups is 4. The van der Waals surface area contributed by atoms with E-state index in [0.29, 0.717) is 10.4 Å². The molecule has 2 aromatic rings. The van der Waals surface area contributed by atoms with Crippen molar-refractivity contribution in [2.45, 2.75) is 0 Å². The summed E-state index contributed by atoms with van der Waals surface area (Å²) < 4.78 is 5.65. The summed E-state index contributed by atoms with van der Waals surface area (Å²) in [4.78, 5) is 44.8. The summed E-state index contributed by atoms with van der Waals surface area (Å²) in [5, 5.41) is 37.4. The number of hydrogen-bond donors (Lipinski definition) is 4. The Morgan fingerprint density at radius 2 is 1.33 bits per heavy atom. The molecule has 11 heteroatoms. The molecule has 0 saturated heterocycles. The van der Waals surface area contributed by atoms with Gasteiger partial charge in [-0.15, -0.1) is 0 Å². The second-order valence-corrected chi connectivity index (χ2v) is 9.22. The quantitative estimate of drug-likeness (QED) is 0.387. The first-order valence-corrected chi connectivity index (χ1v) is 10.0. The monoisotopic (exact) mass is 406 g/mol. The predicted octanol–water partition coefficient (Wildman–Crippen LogP) is -1.39. The molecule has 2 aromatic carbocycles. The molecule has 0 saturated carbocycles. The SMILES string of the molecule is O=C(O)c1ccc([SiH2]O[SiH2]c2cccc(C(=O)O)c2C(=O)O)cc1C(=O)O. The fourth-order valence-electron chi connectivity index (χ4n) is 2.47. The van der Waals surface area contributed by atoms with Crippen LogP contribution in [0.1, 0.15) is 41.4 Å². The van der Waals surface area contributed by atoms with E-state index < -0.39 is 43.4 Å². The topological polar surface area (TPSA) is 158 Å². The van der Waals surface area contributed by atoms with Crippen molar-refractivity contribution in [1.29, 1.82) is 0 Å². The zero-order valence-corrected chi connectivity index (χ0v) is 16.5. The van der Waals surface area contributed by atoms with Gasteiger partial charge in [-0.25, -0.2) is 19.2 Å². The van der Waals surface area contributed by atoms with Gasteiger partial charge in [0.2, 0.25) is 0 Å². The average molecular weight is 406 g/mol. The van der Waals surface area contributed by atoms with Gasteiger partial charge in [-0.1, -0.05) is 18.2 Å². The molecule has 0 aliphatic rings. The number of benzene rings is 2. The minimum Gasteiger partial charge on any atom is -0.478 e. The van der Waals surface area contributed by atoms with Gasteiger partial charge < -0.3 is 24.5 Å². The molecule has 0 spiro atoms. The van der Waals surface area contributed by atoms with E-state index in [1.165, 1.54) is 36.4 Å². The first-order chi connectivity index (χ1) is 12.7. The Kier molecular flexibility index (Phi) is 6.23. The van der Waals surface area contributed by atoms with E-state index in [4.69, 9.17) is 19.4 Å². The highest BCUT2D eigenvalue weighted by molar-refractivity contribution is 6.61. The van der Waals surface area contributed by atoms with Crippen molar-refractivity contribution in [3.8, 4) is 0 Å². The molecule has 0 bridgehead atoms. The molecule has 0 aliphatic carbocycles. The largest absolute Gasteiger partial charge is 0.478 e. The van der Waals surface area contributed by atoms with E-state index in [1.807, 2.05) is 0 Å². The van der Waals surface area contributed by atoms with Crippen molar-refractivity contribution in [1.82, 2.24) is 0 Å². The van der Waals surface area contributed by atoms with Gasteiger partial charge in [-0.2, -0.15) is 0 Å². The summed E-state index contributed by atoms with van der Waals surface area (Å²) >= 11 is 0. The maximum absolute atomic E-state index is 11.4. The Bertz CT molecular complexity index is 939. The predicted molar refractivity (Wildman–Crippen MR) is 98.2 cm³/mol. The van der Waals surface area contributed by atoms with Gasteiger partial charge in [0.05, 0.1) is 22.3 Å². The molecule has 2 rings (SSSR count). The average Bonchev–Trinajstić information content (AvgIpc) is 2.60. The summed E-state index contributed by atoms with van der Waals surface area (Å²) in [7, 11) is -3.04. The first-order valence-electron chi connectivity index (χ1n) is 7.48. The lowest BCUT2D eigenvalue weighted by Crippen LogP contribution is -2.31. The Balaban J connectivity index is 2.20. The molecule has 0 aliphatic heterocycles. The van der Waals surface area contributed by atoms with Crippen molar-refractivity contribution in [3.63, 3.8) is 0 Å². The van der Waals surface area contributed by atoms with Gasteiger partial charge in [0.1, 0.15) is 0 Å². The molecule has 0 aromatic heterocycles. The molecule has 0 heterocycles. The third-order valence-electron chi connectivity index (χ3n) is 3.67. The van der Waals surface area contributed by atoms with E-state index in [1.54, 1.807) is 0 Å². The minimum absolute atomic E-state index is 0.307. The smallest absolute Gasteiger partial charge is 0.336 e. The van der Waals surface area contributed by atoms with Gasteiger partial charge >= 0.3 is 23.9 Å². The molecule has 27 heavy (non-hydrogen) atoms. The van der Waals surface area contributed by atoms with Gasteiger partial charge in [0, 0.05) is 0 Å². The second-order valence-electron chi connectivity index (χ2n) is 5.43. The highest BCUT2D eigenvalue weighted by atomic mass is 28.3. The number of carboxylic acids is 4. The normalized spacial score (nSPS) is 11.3. The highest BCUT2D eigenvalue weighted by Crippen LogP contribution is 2.08. The van der Waals surface area contributed by atoms with E-state index >= 15 is 0 Å². The van der Waals surface area contributed by atoms with Crippen molar-refractivity contribution < 1.29 is 43.7 Å². The Morgan fingerprint density at radius 1 is 0.704 bits per heavy atom. The van der Waals surface area contributed by atoms with Crippen LogP contribution in [0.3, 0.4) is 0 Å². The van der Waals surface area contributed by atoms with Crippen LogP contribution in [-0.2, 0) is 4.12 Å². The van der Waals surface area contributed by atoms with Crippen LogP contribution < -0.4 is 10.4 Å². The molecule has 0 fully saturated rings. The van der Waals surface area contributed by atoms with Crippen LogP contribution in [0.25, 0.3) is 0 Å². The molecule has 4 N–H and O–H groups in total. The summed E-state index contributed by atoms with van der Waals surface area (Å²) in [5.41, 5.74) is -1.31. The van der Waals surface area contributed by atoms with Crippen LogP contribution in [0.2, 0.25) is 0 Å². The fraction of sp³-hybridized carbons (Fsp3) is 0. The molecule has 0 radical (unpaired) electrons. The van der Waals surface area contributed by atoms with Crippen molar-refractivity contribution in [2.24, 2.45) is 0 Å². The number of carboxylic acid groups (broad SMARTS) is 4. The summed E-state index contributed by atoms with van der Waals surface area (Å²) in [6.45, 7) is 0. The third kappa shape index (κ3) is 4.66. The zero-order valence-electron chi connectivity index (χ0n) is 13.7. The number of hydrogen-bond acceptors (Lipinski definition) is 5. The van der Waals surface area contributed by atoms with Crippen LogP contribution in [0.15, 0.2) is 36.4 Å². The van der Waals surface area contributed by atoms with Crippen LogP contribution in [0.4, 0.5) is 0 Å². The fourth-order valence-corrected chi connectivity index (χ4v) is 5.93. The Morgan fingerprint density at radius 3 is 1.89 bits per heavy atom. The standard InChI is InChI=1S/C16H14O9Si2/c17-13(18)8-5-4-7(6-10(8)15(21)22)26-25-27-11-3-1-2-9(14(19)20)12(11)16(23)24/h1-6H,26-27H2,(H,17,18)(H,19,20)(H,21,22)(H,23,24). The minimum atomic E-state index is -1.58. The molecular formula is C16H14O9Si2. The number of rotatable bonds is 8. The maximum atomic E-state index is 11.4. The Labute approximate surface area is 156 Å². The lowest BCUT2D eigenvalue weighted by atomic mass is 10.1. The number of aromatic carboxylic acids is 4. The van der Waals surface area contributed by atoms with Crippen LogP contribution in [0.5, 0.6) is 0 Å². The molecule has 0 amide bonds.